The largest absolute Gasteiger partial charge is 0.466 e. The van der Waals surface area contributed by atoms with Crippen LogP contribution in [0.3, 0.4) is 0 Å². The van der Waals surface area contributed by atoms with Crippen molar-refractivity contribution in [3.63, 3.8) is 0 Å². The van der Waals surface area contributed by atoms with E-state index in [1.54, 1.807) is 12.1 Å². The number of hydrogen-bond donors (Lipinski definition) is 1. The maximum atomic E-state index is 12.0. The van der Waals surface area contributed by atoms with Crippen LogP contribution >= 0.6 is 11.5 Å². The van der Waals surface area contributed by atoms with Crippen LogP contribution in [-0.4, -0.2) is 24.9 Å². The van der Waals surface area contributed by atoms with Gasteiger partial charge in [0.05, 0.1) is 12.0 Å². The molecule has 0 bridgehead atoms. The molecule has 18 heavy (non-hydrogen) atoms. The van der Waals surface area contributed by atoms with E-state index in [1.165, 1.54) is 19.2 Å². The fourth-order valence-electron chi connectivity index (χ4n) is 1.23. The van der Waals surface area contributed by atoms with E-state index >= 15 is 0 Å². The number of nitrogens with one attached hydrogen (secondary N) is 1. The topological polar surface area (TPSA) is 81.2 Å². The normalized spacial score (nSPS) is 11.2. The lowest BCUT2D eigenvalue weighted by Gasteiger charge is -2.04. The smallest absolute Gasteiger partial charge is 0.329 e. The molecule has 0 radical (unpaired) electrons. The number of methoxy groups -OCH3 is 1. The van der Waals surface area contributed by atoms with Crippen LogP contribution in [0.25, 0.3) is 0 Å². The van der Waals surface area contributed by atoms with Crippen molar-refractivity contribution >= 4 is 26.7 Å². The Kier molecular flexibility index (Phi) is 3.48. The number of aromatic nitrogens is 2. The Morgan fingerprint density at radius 2 is 1.94 bits per heavy atom. The lowest BCUT2D eigenvalue weighted by atomic mass is 10.2. The number of rotatable bonds is 4. The first-order chi connectivity index (χ1) is 8.51. The van der Waals surface area contributed by atoms with Crippen LogP contribution in [-0.2, 0) is 10.0 Å². The van der Waals surface area contributed by atoms with Gasteiger partial charge >= 0.3 is 6.01 Å². The molecule has 1 aromatic heterocycles. The van der Waals surface area contributed by atoms with Crippen molar-refractivity contribution in [3.05, 3.63) is 29.8 Å². The van der Waals surface area contributed by atoms with Crippen LogP contribution in [0.1, 0.15) is 5.56 Å². The first-order valence-corrected chi connectivity index (χ1v) is 7.24. The molecule has 1 aromatic carbocycles. The predicted octanol–water partition coefficient (Wildman–Crippen LogP) is 1.66. The summed E-state index contributed by atoms with van der Waals surface area (Å²) in [5.41, 5.74) is 0.992. The molecule has 96 valence electrons. The Morgan fingerprint density at radius 3 is 2.50 bits per heavy atom. The monoisotopic (exact) mass is 285 g/mol. The number of anilines is 1. The Bertz CT molecular complexity index is 635. The van der Waals surface area contributed by atoms with E-state index < -0.39 is 10.0 Å². The standard InChI is InChI=1S/C10H11N3O3S2/c1-7-3-5-8(6-4-7)18(14,15)13-10-11-9(16-2)12-17-10/h3-6H,1-2H3,(H,11,12,13). The van der Waals surface area contributed by atoms with E-state index in [2.05, 4.69) is 14.1 Å². The summed E-state index contributed by atoms with van der Waals surface area (Å²) >= 11 is 0.922. The van der Waals surface area contributed by atoms with E-state index in [9.17, 15) is 8.42 Å². The van der Waals surface area contributed by atoms with E-state index in [1.807, 2.05) is 6.92 Å². The average Bonchev–Trinajstić information content (AvgIpc) is 2.76. The van der Waals surface area contributed by atoms with Crippen molar-refractivity contribution in [1.82, 2.24) is 9.36 Å². The number of sulfonamides is 1. The van der Waals surface area contributed by atoms with Crippen molar-refractivity contribution in [1.29, 1.82) is 0 Å². The second-order valence-electron chi connectivity index (χ2n) is 3.50. The zero-order chi connectivity index (χ0) is 13.2. The second kappa shape index (κ2) is 4.91. The molecule has 0 spiro atoms. The SMILES string of the molecule is COc1nsc(NS(=O)(=O)c2ccc(C)cc2)n1. The van der Waals surface area contributed by atoms with Crippen molar-refractivity contribution < 1.29 is 13.2 Å². The van der Waals surface area contributed by atoms with Crippen molar-refractivity contribution in [2.75, 3.05) is 11.8 Å². The van der Waals surface area contributed by atoms with E-state index in [4.69, 9.17) is 4.74 Å². The summed E-state index contributed by atoms with van der Waals surface area (Å²) in [4.78, 5) is 4.03. The highest BCUT2D eigenvalue weighted by molar-refractivity contribution is 7.93. The summed E-state index contributed by atoms with van der Waals surface area (Å²) in [6.07, 6.45) is 0. The summed E-state index contributed by atoms with van der Waals surface area (Å²) in [6.45, 7) is 1.89. The van der Waals surface area contributed by atoms with Gasteiger partial charge in [-0.2, -0.15) is 4.98 Å². The number of nitrogens with zero attached hydrogens (tertiary/aromatic N) is 2. The first-order valence-electron chi connectivity index (χ1n) is 4.98. The van der Waals surface area contributed by atoms with Crippen molar-refractivity contribution in [2.45, 2.75) is 11.8 Å². The number of hydrogen-bond acceptors (Lipinski definition) is 6. The van der Waals surface area contributed by atoms with Gasteiger partial charge in [0.25, 0.3) is 10.0 Å². The predicted molar refractivity (Wildman–Crippen MR) is 68.4 cm³/mol. The van der Waals surface area contributed by atoms with E-state index in [-0.39, 0.29) is 16.0 Å². The molecule has 0 saturated carbocycles. The van der Waals surface area contributed by atoms with Gasteiger partial charge in [-0.05, 0) is 19.1 Å². The van der Waals surface area contributed by atoms with Crippen molar-refractivity contribution in [3.8, 4) is 6.01 Å². The quantitative estimate of drug-likeness (QED) is 0.924. The van der Waals surface area contributed by atoms with Crippen LogP contribution in [0.15, 0.2) is 29.2 Å². The third-order valence-corrected chi connectivity index (χ3v) is 4.24. The first kappa shape index (κ1) is 12.8. The maximum absolute atomic E-state index is 12.0. The summed E-state index contributed by atoms with van der Waals surface area (Å²) in [5.74, 6) is 0. The molecule has 1 heterocycles. The van der Waals surface area contributed by atoms with Gasteiger partial charge in [0.2, 0.25) is 5.13 Å². The molecule has 6 nitrogen and oxygen atoms in total. The highest BCUT2D eigenvalue weighted by Crippen LogP contribution is 2.20. The lowest BCUT2D eigenvalue weighted by Crippen LogP contribution is -2.12. The third kappa shape index (κ3) is 2.77. The highest BCUT2D eigenvalue weighted by atomic mass is 32.2. The lowest BCUT2D eigenvalue weighted by molar-refractivity contribution is 0.386. The second-order valence-corrected chi connectivity index (χ2v) is 5.94. The molecule has 0 fully saturated rings. The summed E-state index contributed by atoms with van der Waals surface area (Å²) in [6, 6.07) is 6.68. The molecule has 0 aliphatic rings. The molecule has 0 unspecified atom stereocenters. The zero-order valence-electron chi connectivity index (χ0n) is 9.75. The maximum Gasteiger partial charge on any atom is 0.329 e. The molecule has 2 aromatic rings. The zero-order valence-corrected chi connectivity index (χ0v) is 11.4. The van der Waals surface area contributed by atoms with Crippen LogP contribution in [0.5, 0.6) is 6.01 Å². The Hall–Kier alpha value is -1.67. The fraction of sp³-hybridized carbons (Fsp3) is 0.200. The summed E-state index contributed by atoms with van der Waals surface area (Å²) in [5, 5.41) is 0.174. The number of aryl methyl sites for hydroxylation is 1. The molecular weight excluding hydrogens is 274 g/mol. The molecule has 0 saturated heterocycles. The van der Waals surface area contributed by atoms with Crippen LogP contribution in [0.4, 0.5) is 5.13 Å². The molecule has 0 aliphatic carbocycles. The number of benzene rings is 1. The van der Waals surface area contributed by atoms with Crippen LogP contribution in [0, 0.1) is 6.92 Å². The van der Waals surface area contributed by atoms with E-state index in [0.29, 0.717) is 0 Å². The fourth-order valence-corrected chi connectivity index (χ4v) is 2.99. The Labute approximate surface area is 109 Å². The molecule has 0 amide bonds. The molecule has 8 heteroatoms. The van der Waals surface area contributed by atoms with Crippen LogP contribution in [0.2, 0.25) is 0 Å². The molecule has 0 atom stereocenters. The van der Waals surface area contributed by atoms with Crippen molar-refractivity contribution in [2.24, 2.45) is 0 Å². The minimum absolute atomic E-state index is 0.140. The molecule has 2 rings (SSSR count). The highest BCUT2D eigenvalue weighted by Gasteiger charge is 2.16. The summed E-state index contributed by atoms with van der Waals surface area (Å²) < 4.78 is 34.9. The molecule has 1 N–H and O–H groups in total. The third-order valence-electron chi connectivity index (χ3n) is 2.14. The summed E-state index contributed by atoms with van der Waals surface area (Å²) in [7, 11) is -2.21. The van der Waals surface area contributed by atoms with Crippen LogP contribution < -0.4 is 9.46 Å². The van der Waals surface area contributed by atoms with Gasteiger partial charge in [-0.25, -0.2) is 8.42 Å². The van der Waals surface area contributed by atoms with Gasteiger partial charge in [0.1, 0.15) is 0 Å². The minimum Gasteiger partial charge on any atom is -0.466 e. The Balaban J connectivity index is 2.24. The minimum atomic E-state index is -3.62. The molecule has 0 aliphatic heterocycles. The van der Waals surface area contributed by atoms with Gasteiger partial charge in [-0.1, -0.05) is 17.7 Å². The van der Waals surface area contributed by atoms with E-state index in [0.717, 1.165) is 17.1 Å². The van der Waals surface area contributed by atoms with Gasteiger partial charge in [-0.3, -0.25) is 4.72 Å². The van der Waals surface area contributed by atoms with Gasteiger partial charge in [-0.15, -0.1) is 4.37 Å². The Morgan fingerprint density at radius 1 is 1.28 bits per heavy atom. The number of ether oxygens (including phenoxy) is 1. The average molecular weight is 285 g/mol. The molecular formula is C10H11N3O3S2. The van der Waals surface area contributed by atoms with Gasteiger partial charge < -0.3 is 4.74 Å². The van der Waals surface area contributed by atoms with Gasteiger partial charge in [0.15, 0.2) is 0 Å². The van der Waals surface area contributed by atoms with Gasteiger partial charge in [0, 0.05) is 11.5 Å².